The van der Waals surface area contributed by atoms with Gasteiger partial charge in [0.1, 0.15) is 6.04 Å². The van der Waals surface area contributed by atoms with Crippen LogP contribution in [0.4, 0.5) is 0 Å². The summed E-state index contributed by atoms with van der Waals surface area (Å²) in [6.45, 7) is -0.416. The summed E-state index contributed by atoms with van der Waals surface area (Å²) in [6, 6.07) is -0.907. The van der Waals surface area contributed by atoms with E-state index in [1.165, 1.54) is 0 Å². The van der Waals surface area contributed by atoms with Crippen LogP contribution < -0.4 is 4.34 Å². The highest BCUT2D eigenvalue weighted by molar-refractivity contribution is 9.08. The molecule has 48 valence electrons. The second-order valence-electron chi connectivity index (χ2n) is 1.18. The average molecular weight is 184 g/mol. The van der Waals surface area contributed by atoms with Crippen molar-refractivity contribution in [1.82, 2.24) is 4.34 Å². The van der Waals surface area contributed by atoms with E-state index in [0.717, 1.165) is 0 Å². The Bertz CT molecular complexity index is 82.6. The summed E-state index contributed by atoms with van der Waals surface area (Å²) in [5.41, 5.74) is 0. The molecule has 3 N–H and O–H groups in total. The number of rotatable bonds is 3. The van der Waals surface area contributed by atoms with Gasteiger partial charge in [0.05, 0.1) is 6.61 Å². The number of carboxylic acid groups (broad SMARTS) is 1. The van der Waals surface area contributed by atoms with Crippen LogP contribution in [0.3, 0.4) is 0 Å². The number of carbonyl (C=O) groups is 1. The molecule has 0 aliphatic heterocycles. The largest absolute Gasteiger partial charge is 0.480 e. The third kappa shape index (κ3) is 2.25. The fraction of sp³-hybridized carbons (Fsp3) is 0.667. The second-order valence-corrected chi connectivity index (χ2v) is 1.64. The van der Waals surface area contributed by atoms with E-state index >= 15 is 0 Å². The summed E-state index contributed by atoms with van der Waals surface area (Å²) in [5, 5.41) is 16.3. The minimum Gasteiger partial charge on any atom is -0.480 e. The van der Waals surface area contributed by atoms with Gasteiger partial charge in [-0.05, 0) is 0 Å². The van der Waals surface area contributed by atoms with Gasteiger partial charge >= 0.3 is 5.97 Å². The molecule has 0 fully saturated rings. The molecule has 1 atom stereocenters. The smallest absolute Gasteiger partial charge is 0.323 e. The van der Waals surface area contributed by atoms with E-state index in [9.17, 15) is 4.79 Å². The number of aliphatic hydroxyl groups is 1. The molecule has 8 heavy (non-hydrogen) atoms. The zero-order valence-corrected chi connectivity index (χ0v) is 5.55. The standard InChI is InChI=1S/C3H6BrNO3/c4-5-2(1-6)3(7)8/h2,5-6H,1H2,(H,7,8)/t2-/m0/s1. The van der Waals surface area contributed by atoms with Crippen LogP contribution in [0.15, 0.2) is 0 Å². The molecule has 0 amide bonds. The maximum atomic E-state index is 9.91. The zero-order valence-electron chi connectivity index (χ0n) is 3.97. The monoisotopic (exact) mass is 183 g/mol. The second kappa shape index (κ2) is 3.82. The molecule has 0 unspecified atom stereocenters. The first-order valence-corrected chi connectivity index (χ1v) is 2.71. The molecule has 0 aliphatic rings. The van der Waals surface area contributed by atoms with Crippen LogP contribution in [0.25, 0.3) is 0 Å². The number of hydrogen-bond donors (Lipinski definition) is 3. The Morgan fingerprint density at radius 2 is 2.38 bits per heavy atom. The van der Waals surface area contributed by atoms with Gasteiger partial charge in [-0.3, -0.25) is 4.79 Å². The van der Waals surface area contributed by atoms with Gasteiger partial charge < -0.3 is 10.2 Å². The normalized spacial score (nSPS) is 13.2. The van der Waals surface area contributed by atoms with Gasteiger partial charge in [0, 0.05) is 16.1 Å². The SMILES string of the molecule is O=C(O)[C@H](CO)NBr. The van der Waals surface area contributed by atoms with Crippen molar-refractivity contribution in [2.75, 3.05) is 6.61 Å². The van der Waals surface area contributed by atoms with Crippen molar-refractivity contribution in [3.05, 3.63) is 0 Å². The number of halogens is 1. The van der Waals surface area contributed by atoms with Crippen molar-refractivity contribution in [2.45, 2.75) is 6.04 Å². The predicted octanol–water partition coefficient (Wildman–Crippen LogP) is -0.669. The van der Waals surface area contributed by atoms with Crippen molar-refractivity contribution in [3.8, 4) is 0 Å². The Balaban J connectivity index is 3.52. The van der Waals surface area contributed by atoms with Crippen LogP contribution in [0.2, 0.25) is 0 Å². The van der Waals surface area contributed by atoms with Gasteiger partial charge in [0.15, 0.2) is 0 Å². The van der Waals surface area contributed by atoms with Crippen LogP contribution in [0.1, 0.15) is 0 Å². The van der Waals surface area contributed by atoms with Gasteiger partial charge in [0.2, 0.25) is 0 Å². The molecule has 0 saturated carbocycles. The molecule has 0 bridgehead atoms. The Kier molecular flexibility index (Phi) is 3.76. The van der Waals surface area contributed by atoms with Crippen molar-refractivity contribution >= 4 is 22.1 Å². The molecule has 0 aromatic heterocycles. The van der Waals surface area contributed by atoms with E-state index in [4.69, 9.17) is 10.2 Å². The lowest BCUT2D eigenvalue weighted by molar-refractivity contribution is -0.139. The summed E-state index contributed by atoms with van der Waals surface area (Å²) in [7, 11) is 0. The molecule has 0 spiro atoms. The first kappa shape index (κ1) is 7.87. The van der Waals surface area contributed by atoms with E-state index in [-0.39, 0.29) is 0 Å². The number of hydrogen-bond acceptors (Lipinski definition) is 3. The summed E-state index contributed by atoms with van der Waals surface area (Å²) in [5.74, 6) is -1.08. The van der Waals surface area contributed by atoms with Gasteiger partial charge in [-0.15, -0.1) is 0 Å². The number of nitrogens with one attached hydrogen (secondary N) is 1. The molecular formula is C3H6BrNO3. The lowest BCUT2D eigenvalue weighted by Crippen LogP contribution is -2.33. The highest BCUT2D eigenvalue weighted by Crippen LogP contribution is 1.83. The Morgan fingerprint density at radius 1 is 1.88 bits per heavy atom. The van der Waals surface area contributed by atoms with E-state index in [1.54, 1.807) is 0 Å². The number of carboxylic acids is 1. The quantitative estimate of drug-likeness (QED) is 0.509. The number of aliphatic carboxylic acids is 1. The van der Waals surface area contributed by atoms with Crippen LogP contribution in [0.5, 0.6) is 0 Å². The van der Waals surface area contributed by atoms with E-state index in [1.807, 2.05) is 0 Å². The first-order valence-electron chi connectivity index (χ1n) is 1.92. The van der Waals surface area contributed by atoms with Gasteiger partial charge in [0.25, 0.3) is 0 Å². The molecule has 0 saturated heterocycles. The van der Waals surface area contributed by atoms with Crippen molar-refractivity contribution in [3.63, 3.8) is 0 Å². The third-order valence-corrected chi connectivity index (χ3v) is 1.17. The Morgan fingerprint density at radius 3 is 2.38 bits per heavy atom. The third-order valence-electron chi connectivity index (χ3n) is 0.612. The summed E-state index contributed by atoms with van der Waals surface area (Å²) in [4.78, 5) is 9.91. The van der Waals surface area contributed by atoms with Gasteiger partial charge in [-0.25, -0.2) is 4.34 Å². The molecule has 0 aliphatic carbocycles. The topological polar surface area (TPSA) is 69.6 Å². The fourth-order valence-electron chi connectivity index (χ4n) is 0.159. The minimum atomic E-state index is -1.08. The van der Waals surface area contributed by atoms with Crippen molar-refractivity contribution < 1.29 is 15.0 Å². The molecule has 0 radical (unpaired) electrons. The Hall–Kier alpha value is -0.130. The van der Waals surface area contributed by atoms with Gasteiger partial charge in [-0.1, -0.05) is 0 Å². The lowest BCUT2D eigenvalue weighted by atomic mass is 10.3. The zero-order chi connectivity index (χ0) is 6.57. The van der Waals surface area contributed by atoms with E-state index in [0.29, 0.717) is 0 Å². The highest BCUT2D eigenvalue weighted by Gasteiger charge is 2.12. The molecule has 5 heteroatoms. The molecule has 4 nitrogen and oxygen atoms in total. The summed E-state index contributed by atoms with van der Waals surface area (Å²) in [6.07, 6.45) is 0. The highest BCUT2D eigenvalue weighted by atomic mass is 79.9. The van der Waals surface area contributed by atoms with Crippen molar-refractivity contribution in [1.29, 1.82) is 0 Å². The molecule has 0 aromatic rings. The predicted molar refractivity (Wildman–Crippen MR) is 30.6 cm³/mol. The van der Waals surface area contributed by atoms with Crippen molar-refractivity contribution in [2.24, 2.45) is 0 Å². The molecule has 0 rings (SSSR count). The van der Waals surface area contributed by atoms with Gasteiger partial charge in [-0.2, -0.15) is 0 Å². The Labute approximate surface area is 54.8 Å². The fourth-order valence-corrected chi connectivity index (χ4v) is 0.500. The van der Waals surface area contributed by atoms with E-state index < -0.39 is 18.6 Å². The average Bonchev–Trinajstić information content (AvgIpc) is 1.69. The molecular weight excluding hydrogens is 178 g/mol. The minimum absolute atomic E-state index is 0.416. The lowest BCUT2D eigenvalue weighted by Gasteiger charge is -2.02. The summed E-state index contributed by atoms with van der Waals surface area (Å²) < 4.78 is 2.21. The summed E-state index contributed by atoms with van der Waals surface area (Å²) >= 11 is 2.69. The maximum Gasteiger partial charge on any atom is 0.323 e. The molecule has 0 heterocycles. The number of aliphatic hydroxyl groups excluding tert-OH is 1. The van der Waals surface area contributed by atoms with Crippen LogP contribution in [0, 0.1) is 0 Å². The van der Waals surface area contributed by atoms with Crippen LogP contribution >= 0.6 is 16.1 Å². The van der Waals surface area contributed by atoms with Crippen LogP contribution in [-0.2, 0) is 4.79 Å². The first-order chi connectivity index (χ1) is 3.72. The van der Waals surface area contributed by atoms with Crippen LogP contribution in [-0.4, -0.2) is 28.8 Å². The maximum absolute atomic E-state index is 9.91. The van der Waals surface area contributed by atoms with E-state index in [2.05, 4.69) is 20.5 Å². The molecule has 0 aromatic carbocycles.